The van der Waals surface area contributed by atoms with Gasteiger partial charge in [0.1, 0.15) is 28.5 Å². The maximum Gasteiger partial charge on any atom is 0.410 e. The van der Waals surface area contributed by atoms with Crippen LogP contribution in [-0.4, -0.2) is 150 Å². The molecule has 416 valence electrons. The van der Waals surface area contributed by atoms with Crippen LogP contribution in [0.4, 0.5) is 32.7 Å². The lowest BCUT2D eigenvalue weighted by Crippen LogP contribution is -2.50. The molecule has 17 nitrogen and oxygen atoms in total. The lowest BCUT2D eigenvalue weighted by atomic mass is 9.96. The third-order valence-electron chi connectivity index (χ3n) is 15.0. The summed E-state index contributed by atoms with van der Waals surface area (Å²) >= 11 is 6.99. The molecule has 2 atom stereocenters. The molecule has 3 fully saturated rings. The van der Waals surface area contributed by atoms with Crippen LogP contribution in [-0.2, 0) is 14.2 Å². The second-order valence-corrected chi connectivity index (χ2v) is 22.4. The van der Waals surface area contributed by atoms with E-state index in [2.05, 4.69) is 29.0 Å². The lowest BCUT2D eigenvalue weighted by Gasteiger charge is -2.37. The SMILES string of the molecule is C[C@@H]1COCCN1c1nc(N2CCOC[C@H]2C)c2ccc(-c3cccc(C(=O)NCCCCCCCCN(C)c4nc(N5CCN(C(=O)OC(C)(C)C)CC5)c5cc(Cl)c(-c6cc(O)cc7ccccc67)c(F)c5n4)c3)nc2n1. The molecule has 7 aromatic rings. The number of hydrogen-bond donors (Lipinski definition) is 2. The third-order valence-corrected chi connectivity index (χ3v) is 15.3. The number of aromatic hydroxyl groups is 1. The van der Waals surface area contributed by atoms with E-state index in [0.29, 0.717) is 112 Å². The molecule has 0 spiro atoms. The lowest BCUT2D eigenvalue weighted by molar-refractivity contribution is 0.0240. The summed E-state index contributed by atoms with van der Waals surface area (Å²) < 4.78 is 34.4. The zero-order valence-corrected chi connectivity index (χ0v) is 46.9. The number of ether oxygens (including phenoxy) is 3. The van der Waals surface area contributed by atoms with Gasteiger partial charge in [-0.25, -0.2) is 19.2 Å². The Morgan fingerprint density at radius 1 is 0.772 bits per heavy atom. The molecular weight excluding hydrogens is 1030 g/mol. The minimum Gasteiger partial charge on any atom is -0.508 e. The van der Waals surface area contributed by atoms with Crippen molar-refractivity contribution in [3.8, 4) is 28.1 Å². The molecule has 79 heavy (non-hydrogen) atoms. The third kappa shape index (κ3) is 12.5. The monoisotopic (exact) mass is 1100 g/mol. The number of anilines is 4. The van der Waals surface area contributed by atoms with Gasteiger partial charge in [0.2, 0.25) is 11.9 Å². The number of benzene rings is 4. The number of phenols is 1. The van der Waals surface area contributed by atoms with Crippen LogP contribution in [0.2, 0.25) is 5.02 Å². The van der Waals surface area contributed by atoms with Crippen LogP contribution >= 0.6 is 11.6 Å². The van der Waals surface area contributed by atoms with Crippen LogP contribution in [0.5, 0.6) is 5.75 Å². The number of phenolic OH excluding ortho intramolecular Hbond substituents is 1. The van der Waals surface area contributed by atoms with Gasteiger partial charge in [-0.05, 0) is 106 Å². The zero-order chi connectivity index (χ0) is 55.4. The van der Waals surface area contributed by atoms with E-state index in [9.17, 15) is 14.7 Å². The number of amides is 2. The quantitative estimate of drug-likeness (QED) is 0.0874. The number of pyridine rings is 1. The van der Waals surface area contributed by atoms with Crippen LogP contribution in [0.15, 0.2) is 78.9 Å². The van der Waals surface area contributed by atoms with Crippen LogP contribution in [0.25, 0.3) is 55.1 Å². The molecule has 19 heteroatoms. The number of piperazine rings is 1. The molecule has 0 radical (unpaired) electrons. The predicted molar refractivity (Wildman–Crippen MR) is 310 cm³/mol. The van der Waals surface area contributed by atoms with Gasteiger partial charge in [0.25, 0.3) is 5.91 Å². The number of nitrogens with one attached hydrogen (secondary N) is 1. The standard InChI is InChI=1S/C60H71ClFN11O6/c1-38-36-77-30-28-72(38)55-45-20-21-49(64-53(45)66-58(68-55)73-29-31-78-37-39(73)2)41-17-15-18-42(32-41)56(75)63-22-13-9-7-8-10-14-23-69(6)57-65-52-47(54(67-57)70-24-26-71(27-25-70)59(76)79-60(3,4)5)35-48(61)50(51(52)62)46-34-43(74)33-40-16-11-12-19-44(40)46/h11-12,15-21,32-35,38-39,74H,7-10,13-14,22-31,36-37H2,1-6H3,(H,63,75)/t38-,39-/m1/s1. The van der Waals surface area contributed by atoms with Crippen molar-refractivity contribution in [2.75, 3.05) is 105 Å². The second-order valence-electron chi connectivity index (χ2n) is 22.0. The van der Waals surface area contributed by atoms with E-state index in [1.165, 1.54) is 6.07 Å². The summed E-state index contributed by atoms with van der Waals surface area (Å²) in [6.07, 6.45) is 5.28. The summed E-state index contributed by atoms with van der Waals surface area (Å²) in [5.41, 5.74) is 2.83. The normalized spacial score (nSPS) is 17.2. The first-order valence-electron chi connectivity index (χ1n) is 27.7. The van der Waals surface area contributed by atoms with Crippen LogP contribution in [0.1, 0.15) is 83.5 Å². The smallest absolute Gasteiger partial charge is 0.410 e. The van der Waals surface area contributed by atoms with Gasteiger partial charge in [-0.3, -0.25) is 4.79 Å². The number of rotatable bonds is 16. The summed E-state index contributed by atoms with van der Waals surface area (Å²) in [5.74, 6) is 1.64. The minimum absolute atomic E-state index is 0.00457. The molecule has 2 N–H and O–H groups in total. The summed E-state index contributed by atoms with van der Waals surface area (Å²) in [6.45, 7) is 16.5. The Bertz CT molecular complexity index is 3350. The van der Waals surface area contributed by atoms with Crippen molar-refractivity contribution in [3.63, 3.8) is 0 Å². The summed E-state index contributed by atoms with van der Waals surface area (Å²) in [4.78, 5) is 61.7. The highest BCUT2D eigenvalue weighted by molar-refractivity contribution is 6.35. The van der Waals surface area contributed by atoms with Gasteiger partial charge in [-0.15, -0.1) is 0 Å². The second kappa shape index (κ2) is 24.1. The van der Waals surface area contributed by atoms with E-state index in [-0.39, 0.29) is 45.9 Å². The van der Waals surface area contributed by atoms with Gasteiger partial charge in [0.05, 0.1) is 54.6 Å². The molecule has 0 saturated carbocycles. The number of carbonyl (C=O) groups excluding carboxylic acids is 2. The highest BCUT2D eigenvalue weighted by Gasteiger charge is 2.31. The highest BCUT2D eigenvalue weighted by atomic mass is 35.5. The van der Waals surface area contributed by atoms with Crippen molar-refractivity contribution >= 4 is 79.8 Å². The molecule has 10 rings (SSSR count). The number of fused-ring (bicyclic) bond motifs is 3. The first-order chi connectivity index (χ1) is 38.1. The summed E-state index contributed by atoms with van der Waals surface area (Å²) in [6, 6.07) is 24.2. The maximum absolute atomic E-state index is 17.3. The Balaban J connectivity index is 0.755. The molecule has 4 aromatic carbocycles. The van der Waals surface area contributed by atoms with Crippen molar-refractivity contribution in [2.24, 2.45) is 0 Å². The Morgan fingerprint density at radius 3 is 2.24 bits per heavy atom. The average molecular weight is 1100 g/mol. The van der Waals surface area contributed by atoms with Crippen molar-refractivity contribution in [1.82, 2.24) is 35.1 Å². The molecule has 2 amide bonds. The largest absolute Gasteiger partial charge is 0.508 e. The van der Waals surface area contributed by atoms with E-state index < -0.39 is 11.4 Å². The maximum atomic E-state index is 17.3. The van der Waals surface area contributed by atoms with Gasteiger partial charge < -0.3 is 49.1 Å². The van der Waals surface area contributed by atoms with E-state index in [4.69, 9.17) is 50.7 Å². The van der Waals surface area contributed by atoms with Gasteiger partial charge in [-0.2, -0.15) is 15.0 Å². The van der Waals surface area contributed by atoms with Crippen LogP contribution < -0.4 is 24.9 Å². The van der Waals surface area contributed by atoms with E-state index in [0.717, 1.165) is 78.3 Å². The van der Waals surface area contributed by atoms with Gasteiger partial charge >= 0.3 is 6.09 Å². The topological polar surface area (TPSA) is 175 Å². The fourth-order valence-electron chi connectivity index (χ4n) is 10.7. The Kier molecular flexibility index (Phi) is 16.8. The van der Waals surface area contributed by atoms with Gasteiger partial charge in [0.15, 0.2) is 11.5 Å². The van der Waals surface area contributed by atoms with Crippen molar-refractivity contribution in [3.05, 3.63) is 95.3 Å². The number of morpholine rings is 2. The molecule has 3 aliphatic heterocycles. The average Bonchev–Trinajstić information content (AvgIpc) is 3.64. The van der Waals surface area contributed by atoms with Crippen LogP contribution in [0.3, 0.4) is 0 Å². The van der Waals surface area contributed by atoms with Crippen molar-refractivity contribution in [1.29, 1.82) is 0 Å². The van der Waals surface area contributed by atoms with Crippen LogP contribution in [0, 0.1) is 5.82 Å². The van der Waals surface area contributed by atoms with E-state index in [1.54, 1.807) is 17.0 Å². The van der Waals surface area contributed by atoms with Gasteiger partial charge in [-0.1, -0.05) is 73.7 Å². The van der Waals surface area contributed by atoms with E-state index >= 15 is 4.39 Å². The number of halogens is 2. The Morgan fingerprint density at radius 2 is 1.49 bits per heavy atom. The molecule has 0 unspecified atom stereocenters. The molecule has 3 saturated heterocycles. The summed E-state index contributed by atoms with van der Waals surface area (Å²) in [7, 11) is 1.92. The first kappa shape index (κ1) is 55.2. The number of carbonyl (C=O) groups is 2. The van der Waals surface area contributed by atoms with Crippen molar-refractivity contribution in [2.45, 2.75) is 90.8 Å². The fourth-order valence-corrected chi connectivity index (χ4v) is 11.0. The number of nitrogens with zero attached hydrogens (tertiary/aromatic N) is 10. The zero-order valence-electron chi connectivity index (χ0n) is 46.1. The van der Waals surface area contributed by atoms with Crippen molar-refractivity contribution < 1.29 is 33.3 Å². The Labute approximate surface area is 466 Å². The predicted octanol–water partition coefficient (Wildman–Crippen LogP) is 10.7. The van der Waals surface area contributed by atoms with E-state index in [1.807, 2.05) is 98.3 Å². The number of hydrogen-bond acceptors (Lipinski definition) is 15. The molecule has 0 bridgehead atoms. The fraction of sp³-hybridized carbons (Fsp3) is 0.450. The number of unbranched alkanes of at least 4 members (excludes halogenated alkanes) is 5. The summed E-state index contributed by atoms with van der Waals surface area (Å²) in [5, 5.41) is 16.8. The molecule has 6 heterocycles. The van der Waals surface area contributed by atoms with Gasteiger partial charge in [0, 0.05) is 81.5 Å². The molecule has 3 aromatic heterocycles. The number of aromatic nitrogens is 5. The minimum atomic E-state index is -0.626. The Hall–Kier alpha value is -7.15. The highest BCUT2D eigenvalue weighted by Crippen LogP contribution is 2.43. The molecule has 0 aliphatic carbocycles. The molecular formula is C60H71ClFN11O6. The molecule has 3 aliphatic rings. The first-order valence-corrected chi connectivity index (χ1v) is 28.1.